The minimum Gasteiger partial charge on any atom is -0.767 e. The van der Waals surface area contributed by atoms with Gasteiger partial charge in [0.25, 0.3) is 0 Å². The van der Waals surface area contributed by atoms with Gasteiger partial charge in [-0.05, 0) is 22.7 Å². The zero-order valence-corrected chi connectivity index (χ0v) is 9.65. The van der Waals surface area contributed by atoms with Crippen LogP contribution in [0, 0.1) is 0 Å². The van der Waals surface area contributed by atoms with E-state index in [1.54, 1.807) is 7.05 Å². The Hall–Kier alpha value is 0.610. The summed E-state index contributed by atoms with van der Waals surface area (Å²) in [5.41, 5.74) is 0. The van der Waals surface area contributed by atoms with Crippen molar-refractivity contribution in [2.24, 2.45) is 7.05 Å². The van der Waals surface area contributed by atoms with Crippen LogP contribution in [0.25, 0.3) is 0 Å². The maximum absolute atomic E-state index is 10.2. The summed E-state index contributed by atoms with van der Waals surface area (Å²) in [6, 6.07) is 0. The Morgan fingerprint density at radius 3 is 2.55 bits per heavy atom. The standard InChI is InChI=1S/C4H5ClN2O2S.Na/c1-7-2-3(10(8)9)6-4(7)5;/h2H,1H3,(H,8,9);/q;+1/p-1. The molecule has 1 aromatic heterocycles. The molecule has 1 heterocycles. The van der Waals surface area contributed by atoms with Crippen LogP contribution in [0.2, 0.25) is 5.28 Å². The van der Waals surface area contributed by atoms with Crippen molar-refractivity contribution in [1.82, 2.24) is 9.55 Å². The fraction of sp³-hybridized carbons (Fsp3) is 0.250. The third-order valence-corrected chi connectivity index (χ3v) is 1.86. The minimum atomic E-state index is -2.28. The number of rotatable bonds is 1. The summed E-state index contributed by atoms with van der Waals surface area (Å²) in [7, 11) is 1.62. The van der Waals surface area contributed by atoms with E-state index in [1.165, 1.54) is 10.8 Å². The molecule has 0 saturated carbocycles. The SMILES string of the molecule is Cn1cc(S(=O)[O-])nc1Cl.[Na+]. The quantitative estimate of drug-likeness (QED) is 0.368. The molecule has 0 amide bonds. The Bertz CT molecular complexity index is 258. The van der Waals surface area contributed by atoms with E-state index in [0.29, 0.717) is 0 Å². The summed E-state index contributed by atoms with van der Waals surface area (Å²) >= 11 is 3.17. The zero-order chi connectivity index (χ0) is 7.72. The summed E-state index contributed by atoms with van der Waals surface area (Å²) in [5, 5.41) is 0.131. The van der Waals surface area contributed by atoms with E-state index in [2.05, 4.69) is 4.98 Å². The van der Waals surface area contributed by atoms with Gasteiger partial charge in [-0.25, -0.2) is 4.98 Å². The van der Waals surface area contributed by atoms with Crippen molar-refractivity contribution in [3.63, 3.8) is 0 Å². The molecule has 0 bridgehead atoms. The molecule has 11 heavy (non-hydrogen) atoms. The van der Waals surface area contributed by atoms with Crippen LogP contribution < -0.4 is 29.6 Å². The van der Waals surface area contributed by atoms with Crippen molar-refractivity contribution >= 4 is 22.7 Å². The number of imidazole rings is 1. The molecule has 1 unspecified atom stereocenters. The minimum absolute atomic E-state index is 0. The van der Waals surface area contributed by atoms with Gasteiger partial charge in [-0.2, -0.15) is 0 Å². The van der Waals surface area contributed by atoms with Gasteiger partial charge in [-0.1, -0.05) is 0 Å². The Kier molecular flexibility index (Phi) is 4.85. The number of hydrogen-bond donors (Lipinski definition) is 0. The number of hydrogen-bond acceptors (Lipinski definition) is 3. The average molecular weight is 203 g/mol. The van der Waals surface area contributed by atoms with Crippen LogP contribution in [-0.4, -0.2) is 18.3 Å². The smallest absolute Gasteiger partial charge is 0.767 e. The van der Waals surface area contributed by atoms with E-state index in [4.69, 9.17) is 11.6 Å². The van der Waals surface area contributed by atoms with Crippen LogP contribution in [0.1, 0.15) is 0 Å². The summed E-state index contributed by atoms with van der Waals surface area (Å²) in [5.74, 6) is 0. The molecule has 0 aromatic carbocycles. The molecule has 0 aliphatic rings. The van der Waals surface area contributed by atoms with Crippen LogP contribution in [0.5, 0.6) is 0 Å². The average Bonchev–Trinajstić information content (AvgIpc) is 2.13. The predicted molar refractivity (Wildman–Crippen MR) is 35.4 cm³/mol. The van der Waals surface area contributed by atoms with Gasteiger partial charge in [0.15, 0.2) is 0 Å². The van der Waals surface area contributed by atoms with E-state index in [9.17, 15) is 8.76 Å². The molecule has 4 nitrogen and oxygen atoms in total. The molecule has 1 atom stereocenters. The summed E-state index contributed by atoms with van der Waals surface area (Å²) in [6.07, 6.45) is 1.34. The first-order chi connectivity index (χ1) is 4.61. The van der Waals surface area contributed by atoms with Crippen molar-refractivity contribution in [3.05, 3.63) is 11.5 Å². The molecule has 0 aliphatic carbocycles. The summed E-state index contributed by atoms with van der Waals surface area (Å²) in [6.45, 7) is 0. The molecule has 56 valence electrons. The Morgan fingerprint density at radius 1 is 1.82 bits per heavy atom. The monoisotopic (exact) mass is 202 g/mol. The first-order valence-corrected chi connectivity index (χ1v) is 3.84. The summed E-state index contributed by atoms with van der Waals surface area (Å²) < 4.78 is 21.9. The second-order valence-corrected chi connectivity index (χ2v) is 2.92. The third-order valence-electron chi connectivity index (χ3n) is 0.968. The van der Waals surface area contributed by atoms with Crippen molar-refractivity contribution in [2.75, 3.05) is 0 Å². The van der Waals surface area contributed by atoms with Crippen LogP contribution in [0.3, 0.4) is 0 Å². The molecule has 0 fully saturated rings. The molecular formula is C4H4ClN2NaO2S. The number of aromatic nitrogens is 2. The molecule has 0 aliphatic heterocycles. The van der Waals surface area contributed by atoms with Crippen molar-refractivity contribution in [3.8, 4) is 0 Å². The van der Waals surface area contributed by atoms with Crippen LogP contribution in [-0.2, 0) is 18.1 Å². The van der Waals surface area contributed by atoms with E-state index in [0.717, 1.165) is 0 Å². The maximum atomic E-state index is 10.2. The maximum Gasteiger partial charge on any atom is 1.00 e. The Labute approximate surface area is 93.5 Å². The van der Waals surface area contributed by atoms with Crippen LogP contribution >= 0.6 is 11.6 Å². The number of halogens is 1. The van der Waals surface area contributed by atoms with Gasteiger partial charge in [-0.3, -0.25) is 4.21 Å². The zero-order valence-electron chi connectivity index (χ0n) is 6.07. The molecule has 7 heteroatoms. The summed E-state index contributed by atoms with van der Waals surface area (Å²) in [4.78, 5) is 3.53. The van der Waals surface area contributed by atoms with E-state index < -0.39 is 11.1 Å². The topological polar surface area (TPSA) is 58.0 Å². The predicted octanol–water partition coefficient (Wildman–Crippen LogP) is -2.68. The number of nitrogens with zero attached hydrogens (tertiary/aromatic N) is 2. The molecule has 0 spiro atoms. The molecule has 1 rings (SSSR count). The molecular weight excluding hydrogens is 199 g/mol. The van der Waals surface area contributed by atoms with Crippen LogP contribution in [0.15, 0.2) is 11.2 Å². The van der Waals surface area contributed by atoms with Gasteiger partial charge < -0.3 is 9.12 Å². The van der Waals surface area contributed by atoms with Gasteiger partial charge in [0.2, 0.25) is 5.28 Å². The van der Waals surface area contributed by atoms with Gasteiger partial charge in [0.05, 0.1) is 0 Å². The van der Waals surface area contributed by atoms with Gasteiger partial charge in [0.1, 0.15) is 5.03 Å². The second kappa shape index (κ2) is 4.59. The molecule has 0 radical (unpaired) electrons. The molecule has 1 aromatic rings. The van der Waals surface area contributed by atoms with Crippen LogP contribution in [0.4, 0.5) is 0 Å². The largest absolute Gasteiger partial charge is 1.00 e. The van der Waals surface area contributed by atoms with Gasteiger partial charge >= 0.3 is 29.6 Å². The van der Waals surface area contributed by atoms with Gasteiger partial charge in [-0.15, -0.1) is 0 Å². The molecule has 0 N–H and O–H groups in total. The first kappa shape index (κ1) is 11.6. The fourth-order valence-corrected chi connectivity index (χ4v) is 1.09. The van der Waals surface area contributed by atoms with E-state index in [-0.39, 0.29) is 39.9 Å². The third kappa shape index (κ3) is 2.85. The van der Waals surface area contributed by atoms with Crippen molar-refractivity contribution in [1.29, 1.82) is 0 Å². The Morgan fingerprint density at radius 2 is 2.36 bits per heavy atom. The first-order valence-electron chi connectivity index (χ1n) is 2.39. The second-order valence-electron chi connectivity index (χ2n) is 1.69. The fourth-order valence-electron chi connectivity index (χ4n) is 0.498. The Balaban J connectivity index is 0.000001000. The van der Waals surface area contributed by atoms with E-state index in [1.807, 2.05) is 0 Å². The van der Waals surface area contributed by atoms with Crippen molar-refractivity contribution in [2.45, 2.75) is 5.03 Å². The van der Waals surface area contributed by atoms with E-state index >= 15 is 0 Å². The van der Waals surface area contributed by atoms with Gasteiger partial charge in [0, 0.05) is 13.2 Å². The van der Waals surface area contributed by atoms with Crippen molar-refractivity contribution < 1.29 is 38.3 Å². The molecule has 0 saturated heterocycles. The number of aryl methyl sites for hydroxylation is 1. The normalized spacial score (nSPS) is 12.3.